The van der Waals surface area contributed by atoms with Crippen molar-refractivity contribution in [2.75, 3.05) is 13.7 Å². The van der Waals surface area contributed by atoms with Gasteiger partial charge in [0.2, 0.25) is 5.91 Å². The summed E-state index contributed by atoms with van der Waals surface area (Å²) in [6.07, 6.45) is 1.26. The van der Waals surface area contributed by atoms with E-state index in [9.17, 15) is 14.4 Å². The minimum absolute atomic E-state index is 0.0738. The molecule has 0 radical (unpaired) electrons. The normalized spacial score (nSPS) is 17.6. The first kappa shape index (κ1) is 20.6. The van der Waals surface area contributed by atoms with Crippen LogP contribution in [0.15, 0.2) is 41.7 Å². The van der Waals surface area contributed by atoms with Gasteiger partial charge >= 0.3 is 11.9 Å². The fourth-order valence-electron chi connectivity index (χ4n) is 2.69. The smallest absolute Gasteiger partial charge is 0.358 e. The Hall–Kier alpha value is -3.14. The number of imidazole rings is 1. The maximum absolute atomic E-state index is 12.9. The number of nitrogens with zero attached hydrogens (tertiary/aromatic N) is 3. The van der Waals surface area contributed by atoms with Crippen molar-refractivity contribution in [1.29, 1.82) is 0 Å². The van der Waals surface area contributed by atoms with E-state index in [1.165, 1.54) is 18.3 Å². The van der Waals surface area contributed by atoms with E-state index in [-0.39, 0.29) is 37.0 Å². The molecule has 29 heavy (non-hydrogen) atoms. The molecular formula is C19H20N4O5S. The molecule has 152 valence electrons. The molecule has 1 aromatic carbocycles. The molecule has 0 saturated carbocycles. The summed E-state index contributed by atoms with van der Waals surface area (Å²) in [7, 11) is 1.28. The Kier molecular flexibility index (Phi) is 6.65. The molecule has 2 heterocycles. The van der Waals surface area contributed by atoms with Crippen LogP contribution in [-0.4, -0.2) is 56.8 Å². The number of H-pyrrole nitrogens is 1. The van der Waals surface area contributed by atoms with Crippen LogP contribution in [0.2, 0.25) is 0 Å². The molecule has 0 spiro atoms. The van der Waals surface area contributed by atoms with Crippen molar-refractivity contribution in [2.45, 2.75) is 25.1 Å². The number of amidine groups is 1. The van der Waals surface area contributed by atoms with Gasteiger partial charge in [-0.1, -0.05) is 42.1 Å². The third-order valence-corrected chi connectivity index (χ3v) is 5.26. The van der Waals surface area contributed by atoms with Gasteiger partial charge in [-0.05, 0) is 12.5 Å². The Labute approximate surface area is 171 Å². The third-order valence-electron chi connectivity index (χ3n) is 4.08. The maximum atomic E-state index is 12.9. The Morgan fingerprint density at radius 3 is 2.76 bits per heavy atom. The van der Waals surface area contributed by atoms with E-state index in [1.807, 2.05) is 30.3 Å². The molecular weight excluding hydrogens is 396 g/mol. The Morgan fingerprint density at radius 1 is 1.31 bits per heavy atom. The van der Waals surface area contributed by atoms with E-state index in [0.29, 0.717) is 5.17 Å². The molecule has 9 nitrogen and oxygen atoms in total. The largest absolute Gasteiger partial charge is 0.469 e. The number of carbonyl (C=O) groups excluding carboxylic acids is 3. The molecule has 1 N–H and O–H groups in total. The third kappa shape index (κ3) is 4.83. The van der Waals surface area contributed by atoms with Gasteiger partial charge in [-0.15, -0.1) is 0 Å². The van der Waals surface area contributed by atoms with Gasteiger partial charge < -0.3 is 14.5 Å². The monoisotopic (exact) mass is 416 g/mol. The number of ether oxygens (including phenoxy) is 2. The van der Waals surface area contributed by atoms with E-state index in [2.05, 4.69) is 15.0 Å². The Bertz CT molecular complexity index is 928. The zero-order valence-corrected chi connectivity index (χ0v) is 16.8. The highest BCUT2D eigenvalue weighted by Crippen LogP contribution is 2.33. The van der Waals surface area contributed by atoms with Crippen molar-refractivity contribution < 1.29 is 23.9 Å². The second-order valence-corrected chi connectivity index (χ2v) is 7.18. The van der Waals surface area contributed by atoms with Gasteiger partial charge in [-0.2, -0.15) is 0 Å². The van der Waals surface area contributed by atoms with Gasteiger partial charge in [-0.3, -0.25) is 14.5 Å². The number of amides is 1. The zero-order valence-electron chi connectivity index (χ0n) is 16.0. The second kappa shape index (κ2) is 9.37. The number of rotatable bonds is 7. The van der Waals surface area contributed by atoms with E-state index in [1.54, 1.807) is 6.92 Å². The SMILES string of the molecule is CCOC(=O)c1[nH]cnc1N=C1SC(CC(=O)OC)C(=O)N1Cc1ccccc1. The van der Waals surface area contributed by atoms with Crippen LogP contribution in [0, 0.1) is 0 Å². The average Bonchev–Trinajstić information content (AvgIpc) is 3.29. The molecule has 1 aliphatic heterocycles. The number of hydrogen-bond acceptors (Lipinski definition) is 8. The molecule has 1 fully saturated rings. The lowest BCUT2D eigenvalue weighted by Crippen LogP contribution is -2.32. The van der Waals surface area contributed by atoms with E-state index >= 15 is 0 Å². The summed E-state index contributed by atoms with van der Waals surface area (Å²) >= 11 is 1.14. The van der Waals surface area contributed by atoms with Crippen LogP contribution in [0.3, 0.4) is 0 Å². The first-order valence-corrected chi connectivity index (χ1v) is 9.79. The number of thioether (sulfide) groups is 1. The first-order valence-electron chi connectivity index (χ1n) is 8.91. The highest BCUT2D eigenvalue weighted by atomic mass is 32.2. The number of carbonyl (C=O) groups is 3. The number of benzene rings is 1. The van der Waals surface area contributed by atoms with Gasteiger partial charge in [0, 0.05) is 0 Å². The lowest BCUT2D eigenvalue weighted by Gasteiger charge is -2.16. The van der Waals surface area contributed by atoms with Crippen molar-refractivity contribution in [2.24, 2.45) is 4.99 Å². The highest BCUT2D eigenvalue weighted by molar-refractivity contribution is 8.15. The summed E-state index contributed by atoms with van der Waals surface area (Å²) in [5, 5.41) is -0.305. The molecule has 3 rings (SSSR count). The van der Waals surface area contributed by atoms with Gasteiger partial charge in [0.1, 0.15) is 5.25 Å². The second-order valence-electron chi connectivity index (χ2n) is 6.01. The lowest BCUT2D eigenvalue weighted by atomic mass is 10.2. The number of methoxy groups -OCH3 is 1. The topological polar surface area (TPSA) is 114 Å². The minimum atomic E-state index is -0.658. The summed E-state index contributed by atoms with van der Waals surface area (Å²) in [4.78, 5) is 49.4. The fourth-order valence-corrected chi connectivity index (χ4v) is 3.81. The number of aromatic nitrogens is 2. The first-order chi connectivity index (χ1) is 14.0. The molecule has 1 unspecified atom stereocenters. The van der Waals surface area contributed by atoms with Crippen molar-refractivity contribution in [3.05, 3.63) is 47.9 Å². The molecule has 0 bridgehead atoms. The molecule has 2 aromatic rings. The van der Waals surface area contributed by atoms with Crippen LogP contribution in [0.5, 0.6) is 0 Å². The van der Waals surface area contributed by atoms with E-state index in [0.717, 1.165) is 17.3 Å². The van der Waals surface area contributed by atoms with Gasteiger partial charge in [0.25, 0.3) is 0 Å². The van der Waals surface area contributed by atoms with Gasteiger partial charge in [-0.25, -0.2) is 14.8 Å². The van der Waals surface area contributed by atoms with Crippen molar-refractivity contribution in [3.8, 4) is 0 Å². The summed E-state index contributed by atoms with van der Waals surface area (Å²) in [5.74, 6) is -1.20. The summed E-state index contributed by atoms with van der Waals surface area (Å²) in [6, 6.07) is 9.41. The number of hydrogen-bond donors (Lipinski definition) is 1. The van der Waals surface area contributed by atoms with Crippen LogP contribution in [0.1, 0.15) is 29.4 Å². The molecule has 1 aromatic heterocycles. The molecule has 1 aliphatic rings. The van der Waals surface area contributed by atoms with Crippen molar-refractivity contribution in [1.82, 2.24) is 14.9 Å². The number of nitrogens with one attached hydrogen (secondary N) is 1. The molecule has 1 atom stereocenters. The minimum Gasteiger partial charge on any atom is -0.469 e. The van der Waals surface area contributed by atoms with Crippen LogP contribution < -0.4 is 0 Å². The molecule has 1 amide bonds. The predicted molar refractivity (Wildman–Crippen MR) is 107 cm³/mol. The quantitative estimate of drug-likeness (QED) is 0.689. The Morgan fingerprint density at radius 2 is 2.07 bits per heavy atom. The van der Waals surface area contributed by atoms with Gasteiger partial charge in [0.15, 0.2) is 16.7 Å². The molecule has 1 saturated heterocycles. The van der Waals surface area contributed by atoms with Crippen LogP contribution >= 0.6 is 11.8 Å². The van der Waals surface area contributed by atoms with E-state index < -0.39 is 17.2 Å². The number of aliphatic imine (C=N–C) groups is 1. The highest BCUT2D eigenvalue weighted by Gasteiger charge is 2.39. The predicted octanol–water partition coefficient (Wildman–Crippen LogP) is 2.28. The van der Waals surface area contributed by atoms with Crippen molar-refractivity contribution >= 4 is 40.6 Å². The van der Waals surface area contributed by atoms with Crippen LogP contribution in [0.25, 0.3) is 0 Å². The van der Waals surface area contributed by atoms with Crippen molar-refractivity contribution in [3.63, 3.8) is 0 Å². The lowest BCUT2D eigenvalue weighted by molar-refractivity contribution is -0.142. The fraction of sp³-hybridized carbons (Fsp3) is 0.316. The van der Waals surface area contributed by atoms with Crippen LogP contribution in [0.4, 0.5) is 5.82 Å². The van der Waals surface area contributed by atoms with E-state index in [4.69, 9.17) is 9.47 Å². The standard InChI is InChI=1S/C19H20N4O5S/c1-3-28-18(26)15-16(21-11-20-15)22-19-23(10-12-7-5-4-6-8-12)17(25)13(29-19)9-14(24)27-2/h4-8,11,13H,3,9-10H2,1-2H3,(H,20,21). The molecule has 0 aliphatic carbocycles. The number of esters is 2. The average molecular weight is 416 g/mol. The summed E-state index contributed by atoms with van der Waals surface area (Å²) in [6.45, 7) is 2.19. The number of aromatic amines is 1. The maximum Gasteiger partial charge on any atom is 0.358 e. The summed E-state index contributed by atoms with van der Waals surface area (Å²) in [5.41, 5.74) is 1.00. The molecule has 10 heteroatoms. The summed E-state index contributed by atoms with van der Waals surface area (Å²) < 4.78 is 9.69. The van der Waals surface area contributed by atoms with Crippen LogP contribution in [-0.2, 0) is 25.6 Å². The zero-order chi connectivity index (χ0) is 20.8. The van der Waals surface area contributed by atoms with Gasteiger partial charge in [0.05, 0.1) is 33.0 Å². The Balaban J connectivity index is 1.92.